The Kier molecular flexibility index (Phi) is 3.27. The van der Waals surface area contributed by atoms with Crippen molar-refractivity contribution < 1.29 is 23.1 Å². The lowest BCUT2D eigenvalue weighted by molar-refractivity contribution is -0.137. The van der Waals surface area contributed by atoms with Crippen LogP contribution >= 0.6 is 15.9 Å². The molecule has 0 saturated carbocycles. The molecule has 1 aliphatic rings. The summed E-state index contributed by atoms with van der Waals surface area (Å²) in [5.41, 5.74) is -0.0972. The van der Waals surface area contributed by atoms with Gasteiger partial charge in [0, 0.05) is 11.4 Å². The first-order valence-corrected chi connectivity index (χ1v) is 6.08. The van der Waals surface area contributed by atoms with Crippen molar-refractivity contribution in [3.63, 3.8) is 0 Å². The zero-order valence-electron chi connectivity index (χ0n) is 9.04. The molecule has 1 aliphatic heterocycles. The molecule has 1 unspecified atom stereocenters. The molecule has 0 aromatic heterocycles. The van der Waals surface area contributed by atoms with Gasteiger partial charge in [0.1, 0.15) is 0 Å². The number of rotatable bonds is 0. The van der Waals surface area contributed by atoms with Gasteiger partial charge >= 0.3 is 12.3 Å². The van der Waals surface area contributed by atoms with Crippen LogP contribution in [0.1, 0.15) is 22.4 Å². The number of fused-ring (bicyclic) bond motifs is 1. The number of anilines is 1. The number of amides is 1. The van der Waals surface area contributed by atoms with Crippen molar-refractivity contribution in [2.75, 3.05) is 11.4 Å². The van der Waals surface area contributed by atoms with Gasteiger partial charge in [-0.15, -0.1) is 0 Å². The molecule has 3 nitrogen and oxygen atoms in total. The predicted molar refractivity (Wildman–Crippen MR) is 63.1 cm³/mol. The van der Waals surface area contributed by atoms with E-state index < -0.39 is 17.8 Å². The number of halogens is 4. The van der Waals surface area contributed by atoms with Crippen LogP contribution in [0.4, 0.5) is 23.7 Å². The van der Waals surface area contributed by atoms with Crippen molar-refractivity contribution >= 4 is 27.7 Å². The maximum Gasteiger partial charge on any atom is 0.416 e. The van der Waals surface area contributed by atoms with Gasteiger partial charge in [-0.1, -0.05) is 15.9 Å². The van der Waals surface area contributed by atoms with Gasteiger partial charge in [0.15, 0.2) is 0 Å². The minimum atomic E-state index is -4.42. The second-order valence-corrected chi connectivity index (χ2v) is 5.07. The second-order valence-electron chi connectivity index (χ2n) is 3.96. The van der Waals surface area contributed by atoms with Crippen LogP contribution in [-0.2, 0) is 6.18 Å². The molecule has 0 radical (unpaired) electrons. The molecule has 0 saturated heterocycles. The van der Waals surface area contributed by atoms with E-state index in [1.54, 1.807) is 0 Å². The molecule has 98 valence electrons. The average molecular weight is 324 g/mol. The summed E-state index contributed by atoms with van der Waals surface area (Å²) in [5.74, 6) is 0. The van der Waals surface area contributed by atoms with Crippen LogP contribution in [0.25, 0.3) is 0 Å². The molecule has 1 amide bonds. The SMILES string of the molecule is O=C(O)N1CCC(Br)c2cc(C(F)(F)F)ccc21. The molecule has 0 fully saturated rings. The summed E-state index contributed by atoms with van der Waals surface area (Å²) in [6.07, 6.45) is -5.14. The summed E-state index contributed by atoms with van der Waals surface area (Å²) in [6.45, 7) is 0.267. The number of hydrogen-bond acceptors (Lipinski definition) is 1. The highest BCUT2D eigenvalue weighted by Crippen LogP contribution is 2.42. The van der Waals surface area contributed by atoms with E-state index in [-0.39, 0.29) is 11.4 Å². The lowest BCUT2D eigenvalue weighted by Crippen LogP contribution is -2.34. The summed E-state index contributed by atoms with van der Waals surface area (Å²) in [7, 11) is 0. The highest BCUT2D eigenvalue weighted by molar-refractivity contribution is 9.09. The van der Waals surface area contributed by atoms with Crippen molar-refractivity contribution in [2.24, 2.45) is 0 Å². The normalized spacial score (nSPS) is 19.6. The van der Waals surface area contributed by atoms with Crippen LogP contribution < -0.4 is 4.90 Å². The molecule has 18 heavy (non-hydrogen) atoms. The molecular formula is C11H9BrF3NO2. The zero-order valence-corrected chi connectivity index (χ0v) is 10.6. The van der Waals surface area contributed by atoms with E-state index in [2.05, 4.69) is 15.9 Å². The summed E-state index contributed by atoms with van der Waals surface area (Å²) in [5, 5.41) is 8.99. The van der Waals surface area contributed by atoms with Crippen LogP contribution in [0.3, 0.4) is 0 Å². The maximum atomic E-state index is 12.6. The van der Waals surface area contributed by atoms with E-state index >= 15 is 0 Å². The zero-order chi connectivity index (χ0) is 13.5. The van der Waals surface area contributed by atoms with Gasteiger partial charge in [-0.2, -0.15) is 13.2 Å². The highest BCUT2D eigenvalue weighted by atomic mass is 79.9. The Balaban J connectivity index is 2.50. The van der Waals surface area contributed by atoms with Gasteiger partial charge < -0.3 is 5.11 Å². The first-order chi connectivity index (χ1) is 8.30. The molecule has 0 aliphatic carbocycles. The quantitative estimate of drug-likeness (QED) is 0.732. The van der Waals surface area contributed by atoms with Crippen LogP contribution in [0.5, 0.6) is 0 Å². The minimum Gasteiger partial charge on any atom is -0.465 e. The summed E-state index contributed by atoms with van der Waals surface area (Å²) in [6, 6.07) is 3.11. The molecule has 0 spiro atoms. The van der Waals surface area contributed by atoms with Crippen molar-refractivity contribution in [1.29, 1.82) is 0 Å². The van der Waals surface area contributed by atoms with E-state index in [9.17, 15) is 18.0 Å². The summed E-state index contributed by atoms with van der Waals surface area (Å²) >= 11 is 3.28. The van der Waals surface area contributed by atoms with E-state index in [0.717, 1.165) is 17.0 Å². The standard InChI is InChI=1S/C11H9BrF3NO2/c12-8-3-4-16(10(17)18)9-2-1-6(5-7(8)9)11(13,14)15/h1-2,5,8H,3-4H2,(H,17,18). The van der Waals surface area contributed by atoms with Crippen molar-refractivity contribution in [3.05, 3.63) is 29.3 Å². The van der Waals surface area contributed by atoms with E-state index in [1.165, 1.54) is 6.07 Å². The first-order valence-electron chi connectivity index (χ1n) is 5.16. The van der Waals surface area contributed by atoms with Crippen molar-refractivity contribution in [3.8, 4) is 0 Å². The number of hydrogen-bond donors (Lipinski definition) is 1. The molecular weight excluding hydrogens is 315 g/mol. The van der Waals surface area contributed by atoms with E-state index in [1.807, 2.05) is 0 Å². The molecule has 2 rings (SSSR count). The lowest BCUT2D eigenvalue weighted by Gasteiger charge is -2.30. The monoisotopic (exact) mass is 323 g/mol. The molecule has 1 aromatic carbocycles. The first kappa shape index (κ1) is 13.2. The third-order valence-electron chi connectivity index (χ3n) is 2.82. The van der Waals surface area contributed by atoms with Gasteiger partial charge in [0.2, 0.25) is 0 Å². The Morgan fingerprint density at radius 3 is 2.67 bits per heavy atom. The molecule has 0 bridgehead atoms. The molecule has 1 atom stereocenters. The Labute approximate surface area is 109 Å². The van der Waals surface area contributed by atoms with Gasteiger partial charge in [0.25, 0.3) is 0 Å². The van der Waals surface area contributed by atoms with Crippen LogP contribution in [0.2, 0.25) is 0 Å². The summed E-state index contributed by atoms with van der Waals surface area (Å²) in [4.78, 5) is 11.8. The average Bonchev–Trinajstić information content (AvgIpc) is 2.27. The van der Waals surface area contributed by atoms with Gasteiger partial charge in [-0.25, -0.2) is 4.79 Å². The van der Waals surface area contributed by atoms with Crippen molar-refractivity contribution in [2.45, 2.75) is 17.4 Å². The van der Waals surface area contributed by atoms with Gasteiger partial charge in [-0.3, -0.25) is 4.90 Å². The van der Waals surface area contributed by atoms with Crippen LogP contribution in [-0.4, -0.2) is 17.7 Å². The second kappa shape index (κ2) is 4.46. The Morgan fingerprint density at radius 1 is 1.44 bits per heavy atom. The Morgan fingerprint density at radius 2 is 2.11 bits per heavy atom. The van der Waals surface area contributed by atoms with Crippen LogP contribution in [0, 0.1) is 0 Å². The van der Waals surface area contributed by atoms with E-state index in [4.69, 9.17) is 5.11 Å². The largest absolute Gasteiger partial charge is 0.465 e. The van der Waals surface area contributed by atoms with Gasteiger partial charge in [0.05, 0.1) is 11.3 Å². The van der Waals surface area contributed by atoms with Gasteiger partial charge in [-0.05, 0) is 30.2 Å². The Bertz CT molecular complexity index is 490. The number of nitrogens with zero attached hydrogens (tertiary/aromatic N) is 1. The number of benzene rings is 1. The van der Waals surface area contributed by atoms with E-state index in [0.29, 0.717) is 17.7 Å². The minimum absolute atomic E-state index is 0.259. The molecule has 1 heterocycles. The number of carbonyl (C=O) groups is 1. The topological polar surface area (TPSA) is 40.5 Å². The van der Waals surface area contributed by atoms with Crippen molar-refractivity contribution in [1.82, 2.24) is 0 Å². The number of alkyl halides is 4. The summed E-state index contributed by atoms with van der Waals surface area (Å²) < 4.78 is 37.8. The smallest absolute Gasteiger partial charge is 0.416 e. The molecule has 1 aromatic rings. The fourth-order valence-corrected chi connectivity index (χ4v) is 2.52. The maximum absolute atomic E-state index is 12.6. The number of carboxylic acid groups (broad SMARTS) is 1. The lowest BCUT2D eigenvalue weighted by atomic mass is 9.99. The fourth-order valence-electron chi connectivity index (χ4n) is 1.94. The fraction of sp³-hybridized carbons (Fsp3) is 0.364. The van der Waals surface area contributed by atoms with Crippen LogP contribution in [0.15, 0.2) is 18.2 Å². The third kappa shape index (κ3) is 2.31. The highest BCUT2D eigenvalue weighted by Gasteiger charge is 2.34. The predicted octanol–water partition coefficient (Wildman–Crippen LogP) is 4.03. The molecule has 1 N–H and O–H groups in total. The Hall–Kier alpha value is -1.24. The molecule has 7 heteroatoms. The third-order valence-corrected chi connectivity index (χ3v) is 3.77.